The Kier molecular flexibility index (Phi) is 5.82. The summed E-state index contributed by atoms with van der Waals surface area (Å²) in [5.74, 6) is 2.27. The van der Waals surface area contributed by atoms with Gasteiger partial charge < -0.3 is 23.7 Å². The van der Waals surface area contributed by atoms with Crippen LogP contribution in [-0.2, 0) is 4.79 Å². The third-order valence-corrected chi connectivity index (χ3v) is 5.66. The second-order valence-electron chi connectivity index (χ2n) is 8.22. The van der Waals surface area contributed by atoms with Crippen molar-refractivity contribution in [1.29, 1.82) is 0 Å². The number of benzene rings is 2. The molecule has 1 atom stereocenters. The SMILES string of the molecule is COc1ccc(/C=C2\Oc3c(ccc4c3[C@@H](CC(C)C)CC(=O)O4)C2=O)c(OC)c1OC. The van der Waals surface area contributed by atoms with Gasteiger partial charge in [0, 0.05) is 17.0 Å². The smallest absolute Gasteiger partial charge is 0.311 e. The third kappa shape index (κ3) is 3.68. The maximum absolute atomic E-state index is 13.2. The molecular formula is C25H26O7. The van der Waals surface area contributed by atoms with Crippen LogP contribution in [-0.4, -0.2) is 33.1 Å². The molecule has 2 aliphatic heterocycles. The van der Waals surface area contributed by atoms with E-state index in [1.165, 1.54) is 14.2 Å². The highest BCUT2D eigenvalue weighted by molar-refractivity contribution is 6.15. The zero-order chi connectivity index (χ0) is 23.0. The van der Waals surface area contributed by atoms with Crippen molar-refractivity contribution < 1.29 is 33.3 Å². The summed E-state index contributed by atoms with van der Waals surface area (Å²) in [7, 11) is 4.58. The number of fused-ring (bicyclic) bond motifs is 3. The van der Waals surface area contributed by atoms with Gasteiger partial charge in [-0.2, -0.15) is 0 Å². The van der Waals surface area contributed by atoms with E-state index in [1.54, 1.807) is 37.5 Å². The van der Waals surface area contributed by atoms with Crippen molar-refractivity contribution in [3.63, 3.8) is 0 Å². The molecule has 0 aliphatic carbocycles. The summed E-state index contributed by atoms with van der Waals surface area (Å²) in [5.41, 5.74) is 1.85. The summed E-state index contributed by atoms with van der Waals surface area (Å²) < 4.78 is 27.8. The van der Waals surface area contributed by atoms with Crippen LogP contribution in [0.25, 0.3) is 6.08 Å². The first-order valence-corrected chi connectivity index (χ1v) is 10.5. The largest absolute Gasteiger partial charge is 0.493 e. The van der Waals surface area contributed by atoms with Crippen LogP contribution < -0.4 is 23.7 Å². The molecule has 168 valence electrons. The van der Waals surface area contributed by atoms with Gasteiger partial charge in [0.2, 0.25) is 11.5 Å². The average Bonchev–Trinajstić information content (AvgIpc) is 3.07. The van der Waals surface area contributed by atoms with Crippen molar-refractivity contribution >= 4 is 17.8 Å². The standard InChI is InChI=1S/C25H26O7/c1-13(2)10-15-12-20(26)31-17-9-7-16-22(27)19(32-24(16)21(15)17)11-14-6-8-18(28-3)25(30-5)23(14)29-4/h6-9,11,13,15H,10,12H2,1-5H3/b19-11-/t15-/m0/s1. The van der Waals surface area contributed by atoms with E-state index in [0.29, 0.717) is 45.8 Å². The molecule has 0 unspecified atom stereocenters. The molecule has 7 heteroatoms. The highest BCUT2D eigenvalue weighted by Gasteiger charge is 2.38. The van der Waals surface area contributed by atoms with E-state index in [-0.39, 0.29) is 29.9 Å². The minimum atomic E-state index is -0.266. The number of carbonyl (C=O) groups is 2. The molecule has 7 nitrogen and oxygen atoms in total. The quantitative estimate of drug-likeness (QED) is 0.365. The Labute approximate surface area is 186 Å². The first-order chi connectivity index (χ1) is 15.4. The Morgan fingerprint density at radius 2 is 1.75 bits per heavy atom. The molecule has 0 N–H and O–H groups in total. The van der Waals surface area contributed by atoms with Crippen LogP contribution in [0.15, 0.2) is 30.0 Å². The van der Waals surface area contributed by atoms with Gasteiger partial charge in [-0.3, -0.25) is 9.59 Å². The molecule has 0 aromatic heterocycles. The van der Waals surface area contributed by atoms with Crippen LogP contribution in [0.5, 0.6) is 28.7 Å². The Morgan fingerprint density at radius 1 is 1.00 bits per heavy atom. The van der Waals surface area contributed by atoms with Gasteiger partial charge in [-0.15, -0.1) is 0 Å². The molecule has 0 saturated carbocycles. The number of Topliss-reactive ketones (excluding diaryl/α,β-unsaturated/α-hetero) is 1. The van der Waals surface area contributed by atoms with Gasteiger partial charge in [0.1, 0.15) is 11.5 Å². The van der Waals surface area contributed by atoms with Crippen molar-refractivity contribution in [3.05, 3.63) is 46.7 Å². The molecule has 0 radical (unpaired) electrons. The van der Waals surface area contributed by atoms with Gasteiger partial charge in [-0.25, -0.2) is 0 Å². The molecule has 0 spiro atoms. The Hall–Kier alpha value is -3.48. The second kappa shape index (κ2) is 8.57. The normalized spacial score (nSPS) is 18.2. The van der Waals surface area contributed by atoms with Crippen LogP contribution in [0.1, 0.15) is 54.1 Å². The lowest BCUT2D eigenvalue weighted by Gasteiger charge is -2.27. The number of allylic oxidation sites excluding steroid dienone is 1. The second-order valence-corrected chi connectivity index (χ2v) is 8.22. The summed E-state index contributed by atoms with van der Waals surface area (Å²) in [4.78, 5) is 25.3. The predicted octanol–water partition coefficient (Wildman–Crippen LogP) is 4.77. The van der Waals surface area contributed by atoms with Crippen molar-refractivity contribution in [3.8, 4) is 28.7 Å². The highest BCUT2D eigenvalue weighted by Crippen LogP contribution is 2.49. The fourth-order valence-electron chi connectivity index (χ4n) is 4.35. The van der Waals surface area contributed by atoms with E-state index in [0.717, 1.165) is 12.0 Å². The van der Waals surface area contributed by atoms with E-state index in [2.05, 4.69) is 13.8 Å². The van der Waals surface area contributed by atoms with Crippen molar-refractivity contribution in [2.45, 2.75) is 32.6 Å². The van der Waals surface area contributed by atoms with Crippen molar-refractivity contribution in [1.82, 2.24) is 0 Å². The maximum Gasteiger partial charge on any atom is 0.311 e. The number of ether oxygens (including phenoxy) is 5. The molecule has 2 aromatic carbocycles. The lowest BCUT2D eigenvalue weighted by atomic mass is 9.84. The number of carbonyl (C=O) groups excluding carboxylic acids is 2. The Bertz CT molecular complexity index is 1110. The fraction of sp³-hybridized carbons (Fsp3) is 0.360. The minimum absolute atomic E-state index is 0.0658. The number of rotatable bonds is 6. The van der Waals surface area contributed by atoms with Gasteiger partial charge in [-0.1, -0.05) is 13.8 Å². The van der Waals surface area contributed by atoms with Crippen LogP contribution in [0.3, 0.4) is 0 Å². The molecule has 32 heavy (non-hydrogen) atoms. The number of ketones is 1. The zero-order valence-corrected chi connectivity index (χ0v) is 18.8. The Morgan fingerprint density at radius 3 is 2.41 bits per heavy atom. The minimum Gasteiger partial charge on any atom is -0.493 e. The molecule has 0 fully saturated rings. The summed E-state index contributed by atoms with van der Waals surface area (Å²) in [6.45, 7) is 4.20. The van der Waals surface area contributed by atoms with Crippen LogP contribution in [0.2, 0.25) is 0 Å². The number of hydrogen-bond donors (Lipinski definition) is 0. The topological polar surface area (TPSA) is 80.3 Å². The van der Waals surface area contributed by atoms with Gasteiger partial charge in [0.05, 0.1) is 33.3 Å². The van der Waals surface area contributed by atoms with Crippen molar-refractivity contribution in [2.75, 3.05) is 21.3 Å². The monoisotopic (exact) mass is 438 g/mol. The average molecular weight is 438 g/mol. The lowest BCUT2D eigenvalue weighted by molar-refractivity contribution is -0.136. The molecule has 2 heterocycles. The van der Waals surface area contributed by atoms with Crippen LogP contribution in [0.4, 0.5) is 0 Å². The molecular weight excluding hydrogens is 412 g/mol. The summed E-state index contributed by atoms with van der Waals surface area (Å²) >= 11 is 0. The van der Waals surface area contributed by atoms with Gasteiger partial charge >= 0.3 is 5.97 Å². The van der Waals surface area contributed by atoms with Crippen LogP contribution >= 0.6 is 0 Å². The Balaban J connectivity index is 1.78. The van der Waals surface area contributed by atoms with Crippen LogP contribution in [0, 0.1) is 5.92 Å². The van der Waals surface area contributed by atoms with Gasteiger partial charge in [-0.05, 0) is 42.7 Å². The van der Waals surface area contributed by atoms with E-state index < -0.39 is 0 Å². The fourth-order valence-corrected chi connectivity index (χ4v) is 4.35. The van der Waals surface area contributed by atoms with E-state index in [4.69, 9.17) is 23.7 Å². The molecule has 4 rings (SSSR count). The predicted molar refractivity (Wildman–Crippen MR) is 118 cm³/mol. The molecule has 0 amide bonds. The molecule has 0 bridgehead atoms. The molecule has 2 aliphatic rings. The first kappa shape index (κ1) is 21.7. The first-order valence-electron chi connectivity index (χ1n) is 10.5. The third-order valence-electron chi connectivity index (χ3n) is 5.66. The summed E-state index contributed by atoms with van der Waals surface area (Å²) in [6.07, 6.45) is 2.68. The van der Waals surface area contributed by atoms with E-state index >= 15 is 0 Å². The molecule has 0 saturated heterocycles. The van der Waals surface area contributed by atoms with E-state index in [1.807, 2.05) is 0 Å². The van der Waals surface area contributed by atoms with Crippen molar-refractivity contribution in [2.24, 2.45) is 5.92 Å². The number of hydrogen-bond acceptors (Lipinski definition) is 7. The number of esters is 1. The highest BCUT2D eigenvalue weighted by atomic mass is 16.5. The van der Waals surface area contributed by atoms with E-state index in [9.17, 15) is 9.59 Å². The summed E-state index contributed by atoms with van der Waals surface area (Å²) in [5, 5.41) is 0. The number of methoxy groups -OCH3 is 3. The summed E-state index contributed by atoms with van der Waals surface area (Å²) in [6, 6.07) is 6.83. The maximum atomic E-state index is 13.2. The van der Waals surface area contributed by atoms with Gasteiger partial charge in [0.25, 0.3) is 0 Å². The lowest BCUT2D eigenvalue weighted by Crippen LogP contribution is -2.21. The molecule has 2 aromatic rings. The van der Waals surface area contributed by atoms with Gasteiger partial charge in [0.15, 0.2) is 17.3 Å². The zero-order valence-electron chi connectivity index (χ0n) is 18.8.